The summed E-state index contributed by atoms with van der Waals surface area (Å²) in [5.74, 6) is -1.21. The van der Waals surface area contributed by atoms with Gasteiger partial charge in [-0.25, -0.2) is 0 Å². The van der Waals surface area contributed by atoms with E-state index in [1.165, 1.54) is 0 Å². The van der Waals surface area contributed by atoms with Gasteiger partial charge in [0.15, 0.2) is 12.2 Å². The third-order valence-electron chi connectivity index (χ3n) is 7.52. The zero-order chi connectivity index (χ0) is 29.3. The second kappa shape index (κ2) is 15.3. The maximum Gasteiger partial charge on any atom is 0.253 e. The lowest BCUT2D eigenvalue weighted by molar-refractivity contribution is -0.127. The fraction of sp³-hybridized carbons (Fsp3) is 0.265. The maximum atomic E-state index is 13.3. The van der Waals surface area contributed by atoms with Crippen molar-refractivity contribution in [3.8, 4) is 0 Å². The lowest BCUT2D eigenvalue weighted by atomic mass is 9.91. The molecule has 0 aliphatic carbocycles. The number of hydrogen-bond acceptors (Lipinski definition) is 5. The first kappa shape index (κ1) is 31.7. The van der Waals surface area contributed by atoms with Crippen LogP contribution in [0.2, 0.25) is 0 Å². The first-order valence-electron chi connectivity index (χ1n) is 14.4. The predicted octanol–water partition coefficient (Wildman–Crippen LogP) is 4.53. The van der Waals surface area contributed by atoms with E-state index in [9.17, 15) is 14.4 Å². The molecule has 43 heavy (non-hydrogen) atoms. The molecule has 1 fully saturated rings. The van der Waals surface area contributed by atoms with Gasteiger partial charge >= 0.3 is 0 Å². The summed E-state index contributed by atoms with van der Waals surface area (Å²) in [6.07, 6.45) is -0.0375. The summed E-state index contributed by atoms with van der Waals surface area (Å²) in [7, 11) is 0. The molecule has 1 aliphatic rings. The van der Waals surface area contributed by atoms with Gasteiger partial charge in [-0.15, -0.1) is 12.4 Å². The Morgan fingerprint density at radius 3 is 2.02 bits per heavy atom. The molecular formula is C34H37ClN4O4. The molecule has 4 aromatic rings. The lowest BCUT2D eigenvalue weighted by Crippen LogP contribution is -2.46. The van der Waals surface area contributed by atoms with Crippen molar-refractivity contribution >= 4 is 46.6 Å². The summed E-state index contributed by atoms with van der Waals surface area (Å²) in [6.45, 7) is 0.850. The number of carbonyl (C=O) groups excluding carboxylic acids is 3. The van der Waals surface area contributed by atoms with E-state index in [0.29, 0.717) is 31.6 Å². The second-order valence-electron chi connectivity index (χ2n) is 10.5. The molecule has 5 N–H and O–H groups in total. The molecule has 0 radical (unpaired) electrons. The number of nitrogens with two attached hydrogens (primary N) is 1. The monoisotopic (exact) mass is 600 g/mol. The number of benzene rings is 4. The average Bonchev–Trinajstić information content (AvgIpc) is 3.83. The number of halogens is 1. The van der Waals surface area contributed by atoms with Gasteiger partial charge in [-0.2, -0.15) is 0 Å². The van der Waals surface area contributed by atoms with E-state index in [4.69, 9.17) is 10.5 Å². The Kier molecular flexibility index (Phi) is 11.3. The molecule has 1 saturated heterocycles. The van der Waals surface area contributed by atoms with Crippen LogP contribution in [0.5, 0.6) is 0 Å². The van der Waals surface area contributed by atoms with Gasteiger partial charge < -0.3 is 26.4 Å². The molecule has 3 amide bonds. The topological polar surface area (TPSA) is 126 Å². The van der Waals surface area contributed by atoms with E-state index in [1.807, 2.05) is 103 Å². The molecule has 0 bridgehead atoms. The summed E-state index contributed by atoms with van der Waals surface area (Å²) in [5.41, 5.74) is 8.48. The van der Waals surface area contributed by atoms with Crippen LogP contribution in [-0.4, -0.2) is 49.1 Å². The number of amides is 3. The van der Waals surface area contributed by atoms with Crippen LogP contribution in [0.4, 0.5) is 5.69 Å². The predicted molar refractivity (Wildman–Crippen MR) is 171 cm³/mol. The minimum Gasteiger partial charge on any atom is -0.353 e. The zero-order valence-corrected chi connectivity index (χ0v) is 24.6. The Morgan fingerprint density at radius 2 is 1.35 bits per heavy atom. The van der Waals surface area contributed by atoms with Gasteiger partial charge in [0.2, 0.25) is 5.91 Å². The van der Waals surface area contributed by atoms with Crippen LogP contribution in [-0.2, 0) is 19.1 Å². The van der Waals surface area contributed by atoms with Crippen LogP contribution in [0, 0.1) is 0 Å². The standard InChI is InChI=1S/C34H36N4O4.ClH/c35-21-10-9-19-29(32(39)37-28-20-11-17-23-16-7-8-18-26(23)28)38-34(41)31-30(42-31)33(40)36-22-27(24-12-3-1-4-13-24)25-14-5-2-6-15-25;/h1-8,11-18,20,27,29-31H,9-10,19,21-22,35H2,(H,36,40)(H,37,39)(H,38,41);1H/t29-,30?,31?;/m0./s1. The summed E-state index contributed by atoms with van der Waals surface area (Å²) in [6, 6.07) is 32.6. The SMILES string of the molecule is Cl.NCCCC[C@H](NC(=O)C1OC1C(=O)NCC(c1ccccc1)c1ccccc1)C(=O)Nc1cccc2ccccc12. The van der Waals surface area contributed by atoms with Crippen molar-refractivity contribution in [1.29, 1.82) is 0 Å². The number of unbranched alkanes of at least 4 members (excludes halogenated alkanes) is 1. The van der Waals surface area contributed by atoms with Gasteiger partial charge in [-0.05, 0) is 48.4 Å². The number of epoxide rings is 1. The zero-order valence-electron chi connectivity index (χ0n) is 23.8. The maximum absolute atomic E-state index is 13.3. The average molecular weight is 601 g/mol. The van der Waals surface area contributed by atoms with Gasteiger partial charge in [0.25, 0.3) is 11.8 Å². The molecule has 3 atom stereocenters. The molecule has 0 aromatic heterocycles. The first-order chi connectivity index (χ1) is 20.5. The number of hydrogen-bond donors (Lipinski definition) is 4. The lowest BCUT2D eigenvalue weighted by Gasteiger charge is -2.19. The molecule has 0 saturated carbocycles. The summed E-state index contributed by atoms with van der Waals surface area (Å²) in [5, 5.41) is 10.6. The molecule has 0 spiro atoms. The second-order valence-corrected chi connectivity index (χ2v) is 10.5. The van der Waals surface area contributed by atoms with Crippen LogP contribution < -0.4 is 21.7 Å². The van der Waals surface area contributed by atoms with Gasteiger partial charge in [-0.3, -0.25) is 14.4 Å². The normalized spacial score (nSPS) is 16.1. The molecule has 2 unspecified atom stereocenters. The van der Waals surface area contributed by atoms with Crippen molar-refractivity contribution in [2.45, 2.75) is 43.4 Å². The Morgan fingerprint density at radius 1 is 0.744 bits per heavy atom. The van der Waals surface area contributed by atoms with E-state index in [2.05, 4.69) is 16.0 Å². The number of ether oxygens (including phenoxy) is 1. The summed E-state index contributed by atoms with van der Waals surface area (Å²) in [4.78, 5) is 39.4. The van der Waals surface area contributed by atoms with Crippen molar-refractivity contribution in [1.82, 2.24) is 10.6 Å². The minimum absolute atomic E-state index is 0. The van der Waals surface area contributed by atoms with Crippen LogP contribution in [0.15, 0.2) is 103 Å². The fourth-order valence-corrected chi connectivity index (χ4v) is 5.18. The van der Waals surface area contributed by atoms with Crippen molar-refractivity contribution in [2.24, 2.45) is 5.73 Å². The first-order valence-corrected chi connectivity index (χ1v) is 14.4. The molecular weight excluding hydrogens is 564 g/mol. The van der Waals surface area contributed by atoms with Gasteiger partial charge in [-0.1, -0.05) is 97.1 Å². The molecule has 9 heteroatoms. The largest absolute Gasteiger partial charge is 0.353 e. The third-order valence-corrected chi connectivity index (χ3v) is 7.52. The van der Waals surface area contributed by atoms with Crippen molar-refractivity contribution in [3.05, 3.63) is 114 Å². The highest BCUT2D eigenvalue weighted by Crippen LogP contribution is 2.27. The highest BCUT2D eigenvalue weighted by molar-refractivity contribution is 6.05. The molecule has 224 valence electrons. The molecule has 1 aliphatic heterocycles. The van der Waals surface area contributed by atoms with E-state index < -0.39 is 24.2 Å². The highest BCUT2D eigenvalue weighted by atomic mass is 35.5. The van der Waals surface area contributed by atoms with Crippen LogP contribution >= 0.6 is 12.4 Å². The number of rotatable bonds is 13. The summed E-state index contributed by atoms with van der Waals surface area (Å²) >= 11 is 0. The van der Waals surface area contributed by atoms with E-state index in [0.717, 1.165) is 28.3 Å². The Hall–Kier alpha value is -4.24. The van der Waals surface area contributed by atoms with E-state index in [-0.39, 0.29) is 30.1 Å². The van der Waals surface area contributed by atoms with Crippen LogP contribution in [0.3, 0.4) is 0 Å². The van der Waals surface area contributed by atoms with Gasteiger partial charge in [0.05, 0.1) is 0 Å². The van der Waals surface area contributed by atoms with Crippen molar-refractivity contribution in [2.75, 3.05) is 18.4 Å². The van der Waals surface area contributed by atoms with Crippen LogP contribution in [0.1, 0.15) is 36.3 Å². The van der Waals surface area contributed by atoms with Gasteiger partial charge in [0, 0.05) is 23.5 Å². The number of nitrogens with one attached hydrogen (secondary N) is 3. The third kappa shape index (κ3) is 8.20. The fourth-order valence-electron chi connectivity index (χ4n) is 5.18. The van der Waals surface area contributed by atoms with Crippen molar-refractivity contribution < 1.29 is 19.1 Å². The van der Waals surface area contributed by atoms with E-state index in [1.54, 1.807) is 0 Å². The molecule has 8 nitrogen and oxygen atoms in total. The smallest absolute Gasteiger partial charge is 0.253 e. The summed E-state index contributed by atoms with van der Waals surface area (Å²) < 4.78 is 5.49. The quantitative estimate of drug-likeness (QED) is 0.133. The molecule has 4 aromatic carbocycles. The Labute approximate surface area is 257 Å². The highest BCUT2D eigenvalue weighted by Gasteiger charge is 2.51. The number of anilines is 1. The van der Waals surface area contributed by atoms with Crippen LogP contribution in [0.25, 0.3) is 10.8 Å². The molecule has 5 rings (SSSR count). The minimum atomic E-state index is -0.945. The Balaban J connectivity index is 0.00000423. The van der Waals surface area contributed by atoms with Gasteiger partial charge in [0.1, 0.15) is 6.04 Å². The Bertz CT molecular complexity index is 1470. The number of carbonyl (C=O) groups is 3. The van der Waals surface area contributed by atoms with E-state index >= 15 is 0 Å². The molecule has 1 heterocycles. The van der Waals surface area contributed by atoms with Crippen molar-refractivity contribution in [3.63, 3.8) is 0 Å². The number of fused-ring (bicyclic) bond motifs is 1.